The number of hydrogen-bond acceptors (Lipinski definition) is 4. The van der Waals surface area contributed by atoms with Gasteiger partial charge in [-0.2, -0.15) is 0 Å². The quantitative estimate of drug-likeness (QED) is 0.762. The molecule has 2 rings (SSSR count). The molecule has 0 aromatic heterocycles. The second kappa shape index (κ2) is 5.38. The number of nitrogens with one attached hydrogen (secondary N) is 1. The molecule has 0 bridgehead atoms. The number of hydrogen-bond donors (Lipinski definition) is 1. The van der Waals surface area contributed by atoms with E-state index in [9.17, 15) is 9.59 Å². The summed E-state index contributed by atoms with van der Waals surface area (Å²) in [6, 6.07) is -0.224. The molecule has 1 aliphatic carbocycles. The predicted octanol–water partition coefficient (Wildman–Crippen LogP) is 1.61. The SMILES string of the molecule is COC(=O)[C@H]1OC(=O)N[C@H]1CC1CCCCC1. The molecule has 0 aromatic carbocycles. The summed E-state index contributed by atoms with van der Waals surface area (Å²) in [6.07, 6.45) is 5.68. The van der Waals surface area contributed by atoms with Crippen molar-refractivity contribution < 1.29 is 19.1 Å². The highest BCUT2D eigenvalue weighted by Gasteiger charge is 2.41. The molecule has 0 aromatic rings. The Labute approximate surface area is 101 Å². The monoisotopic (exact) mass is 241 g/mol. The molecule has 1 saturated heterocycles. The van der Waals surface area contributed by atoms with Crippen molar-refractivity contribution in [3.05, 3.63) is 0 Å². The summed E-state index contributed by atoms with van der Waals surface area (Å²) in [5.74, 6) is 0.118. The van der Waals surface area contributed by atoms with Crippen molar-refractivity contribution in [2.24, 2.45) is 5.92 Å². The van der Waals surface area contributed by atoms with Gasteiger partial charge >= 0.3 is 12.1 Å². The van der Waals surface area contributed by atoms with Gasteiger partial charge in [-0.1, -0.05) is 32.1 Å². The van der Waals surface area contributed by atoms with Crippen molar-refractivity contribution in [1.82, 2.24) is 5.32 Å². The number of methoxy groups -OCH3 is 1. The van der Waals surface area contributed by atoms with E-state index in [2.05, 4.69) is 10.1 Å². The van der Waals surface area contributed by atoms with Crippen LogP contribution in [0.4, 0.5) is 4.79 Å². The van der Waals surface area contributed by atoms with Crippen LogP contribution < -0.4 is 5.32 Å². The van der Waals surface area contributed by atoms with E-state index >= 15 is 0 Å². The molecule has 2 atom stereocenters. The number of alkyl carbamates (subject to hydrolysis) is 1. The highest BCUT2D eigenvalue weighted by Crippen LogP contribution is 2.29. The normalized spacial score (nSPS) is 29.6. The van der Waals surface area contributed by atoms with Gasteiger partial charge in [-0.3, -0.25) is 0 Å². The molecule has 17 heavy (non-hydrogen) atoms. The predicted molar refractivity (Wildman–Crippen MR) is 60.4 cm³/mol. The summed E-state index contributed by atoms with van der Waals surface area (Å²) in [6.45, 7) is 0. The van der Waals surface area contributed by atoms with Crippen molar-refractivity contribution in [1.29, 1.82) is 0 Å². The highest BCUT2D eigenvalue weighted by atomic mass is 16.6. The smallest absolute Gasteiger partial charge is 0.408 e. The molecule has 2 aliphatic rings. The number of esters is 1. The van der Waals surface area contributed by atoms with Gasteiger partial charge in [-0.15, -0.1) is 0 Å². The van der Waals surface area contributed by atoms with Crippen molar-refractivity contribution >= 4 is 12.1 Å². The second-order valence-corrected chi connectivity index (χ2v) is 4.84. The Morgan fingerprint density at radius 1 is 1.41 bits per heavy atom. The van der Waals surface area contributed by atoms with Crippen LogP contribution >= 0.6 is 0 Å². The Morgan fingerprint density at radius 2 is 2.12 bits per heavy atom. The van der Waals surface area contributed by atoms with Crippen LogP contribution in [0, 0.1) is 5.92 Å². The summed E-state index contributed by atoms with van der Waals surface area (Å²) in [7, 11) is 1.31. The van der Waals surface area contributed by atoms with Crippen LogP contribution in [0.15, 0.2) is 0 Å². The van der Waals surface area contributed by atoms with Gasteiger partial charge in [0.1, 0.15) is 0 Å². The third kappa shape index (κ3) is 2.90. The van der Waals surface area contributed by atoms with E-state index in [1.165, 1.54) is 39.2 Å². The number of rotatable bonds is 3. The first kappa shape index (κ1) is 12.2. The molecule has 5 heteroatoms. The third-order valence-corrected chi connectivity index (χ3v) is 3.65. The lowest BCUT2D eigenvalue weighted by molar-refractivity contribution is -0.149. The first-order chi connectivity index (χ1) is 8.20. The first-order valence-corrected chi connectivity index (χ1v) is 6.25. The summed E-state index contributed by atoms with van der Waals surface area (Å²) < 4.78 is 9.59. The van der Waals surface area contributed by atoms with E-state index in [-0.39, 0.29) is 6.04 Å². The Hall–Kier alpha value is -1.26. The molecule has 5 nitrogen and oxygen atoms in total. The minimum Gasteiger partial charge on any atom is -0.466 e. The van der Waals surface area contributed by atoms with E-state index in [0.717, 1.165) is 6.42 Å². The lowest BCUT2D eigenvalue weighted by Gasteiger charge is -2.25. The summed E-state index contributed by atoms with van der Waals surface area (Å²) in [5.41, 5.74) is 0. The van der Waals surface area contributed by atoms with Gasteiger partial charge in [0.05, 0.1) is 13.2 Å². The molecule has 2 fully saturated rings. The van der Waals surface area contributed by atoms with Crippen molar-refractivity contribution in [2.75, 3.05) is 7.11 Å². The summed E-state index contributed by atoms with van der Waals surface area (Å²) in [5, 5.41) is 2.70. The average molecular weight is 241 g/mol. The van der Waals surface area contributed by atoms with E-state index in [1.54, 1.807) is 0 Å². The topological polar surface area (TPSA) is 64.6 Å². The molecule has 1 aliphatic heterocycles. The van der Waals surface area contributed by atoms with Crippen LogP contribution in [0.2, 0.25) is 0 Å². The van der Waals surface area contributed by atoms with Gasteiger partial charge in [0.15, 0.2) is 0 Å². The van der Waals surface area contributed by atoms with Gasteiger partial charge in [-0.25, -0.2) is 9.59 Å². The number of amides is 1. The zero-order valence-electron chi connectivity index (χ0n) is 10.1. The molecule has 0 spiro atoms. The van der Waals surface area contributed by atoms with E-state index < -0.39 is 18.2 Å². The number of ether oxygens (including phenoxy) is 2. The maximum atomic E-state index is 11.5. The minimum atomic E-state index is -0.769. The van der Waals surface area contributed by atoms with Gasteiger partial charge < -0.3 is 14.8 Å². The van der Waals surface area contributed by atoms with Gasteiger partial charge in [0.2, 0.25) is 6.10 Å². The second-order valence-electron chi connectivity index (χ2n) is 4.84. The highest BCUT2D eigenvalue weighted by molar-refractivity contribution is 5.83. The van der Waals surface area contributed by atoms with Crippen LogP contribution in [0.25, 0.3) is 0 Å². The Bertz CT molecular complexity index is 299. The van der Waals surface area contributed by atoms with E-state index in [1.807, 2.05) is 0 Å². The first-order valence-electron chi connectivity index (χ1n) is 6.25. The molecule has 96 valence electrons. The Balaban J connectivity index is 1.92. The molecule has 1 saturated carbocycles. The molecular weight excluding hydrogens is 222 g/mol. The fraction of sp³-hybridized carbons (Fsp3) is 0.833. The molecule has 0 unspecified atom stereocenters. The Morgan fingerprint density at radius 3 is 2.76 bits per heavy atom. The van der Waals surface area contributed by atoms with Crippen LogP contribution in [0.1, 0.15) is 38.5 Å². The van der Waals surface area contributed by atoms with E-state index in [0.29, 0.717) is 5.92 Å². The lowest BCUT2D eigenvalue weighted by Crippen LogP contribution is -2.39. The largest absolute Gasteiger partial charge is 0.466 e. The van der Waals surface area contributed by atoms with Gasteiger partial charge in [-0.05, 0) is 12.3 Å². The fourth-order valence-electron chi connectivity index (χ4n) is 2.75. The van der Waals surface area contributed by atoms with Crippen LogP contribution in [-0.2, 0) is 14.3 Å². The van der Waals surface area contributed by atoms with Crippen LogP contribution in [0.3, 0.4) is 0 Å². The standard InChI is InChI=1S/C12H19NO4/c1-16-11(14)10-9(13-12(15)17-10)7-8-5-3-2-4-6-8/h8-10H,2-7H2,1H3,(H,13,15)/t9-,10-/m0/s1. The summed E-state index contributed by atoms with van der Waals surface area (Å²) >= 11 is 0. The van der Waals surface area contributed by atoms with Crippen molar-refractivity contribution in [3.8, 4) is 0 Å². The lowest BCUT2D eigenvalue weighted by atomic mass is 9.84. The van der Waals surface area contributed by atoms with Crippen LogP contribution in [-0.4, -0.2) is 31.3 Å². The van der Waals surface area contributed by atoms with Gasteiger partial charge in [0, 0.05) is 0 Å². The molecule has 1 amide bonds. The molecule has 1 heterocycles. The van der Waals surface area contributed by atoms with Crippen molar-refractivity contribution in [2.45, 2.75) is 50.7 Å². The van der Waals surface area contributed by atoms with Crippen LogP contribution in [0.5, 0.6) is 0 Å². The zero-order valence-corrected chi connectivity index (χ0v) is 10.1. The minimum absolute atomic E-state index is 0.224. The maximum absolute atomic E-state index is 11.5. The zero-order chi connectivity index (χ0) is 12.3. The number of carbonyl (C=O) groups excluding carboxylic acids is 2. The third-order valence-electron chi connectivity index (χ3n) is 3.65. The maximum Gasteiger partial charge on any atom is 0.408 e. The van der Waals surface area contributed by atoms with Crippen molar-refractivity contribution in [3.63, 3.8) is 0 Å². The van der Waals surface area contributed by atoms with E-state index in [4.69, 9.17) is 4.74 Å². The molecule has 0 radical (unpaired) electrons. The Kier molecular flexibility index (Phi) is 3.86. The fourth-order valence-corrected chi connectivity index (χ4v) is 2.75. The molecular formula is C12H19NO4. The van der Waals surface area contributed by atoms with Gasteiger partial charge in [0.25, 0.3) is 0 Å². The molecule has 1 N–H and O–H groups in total. The summed E-state index contributed by atoms with van der Waals surface area (Å²) in [4.78, 5) is 22.7. The number of carbonyl (C=O) groups is 2. The number of cyclic esters (lactones) is 1. The average Bonchev–Trinajstić information content (AvgIpc) is 2.70.